The fourth-order valence-electron chi connectivity index (χ4n) is 5.73. The number of aliphatic hydroxyl groups excluding tert-OH is 2. The Kier molecular flexibility index (Phi) is 7.37. The van der Waals surface area contributed by atoms with E-state index in [1.165, 1.54) is 36.9 Å². The van der Waals surface area contributed by atoms with E-state index in [4.69, 9.17) is 14.7 Å². The molecule has 1 aliphatic carbocycles. The molecule has 38 heavy (non-hydrogen) atoms. The summed E-state index contributed by atoms with van der Waals surface area (Å²) in [5.41, 5.74) is 1.10. The SMILES string of the molecule is CCn1nnc([C@H]2O[C@@H](n3cnc4c(NCCC5CCCCC5)nc(N[C@@H]5CCNC5)nc43)[C@H](O)[C@@H]2O)n1. The number of ether oxygens (including phenoxy) is 1. The summed E-state index contributed by atoms with van der Waals surface area (Å²) in [6.45, 7) is 5.02. The maximum atomic E-state index is 10.9. The van der Waals surface area contributed by atoms with Gasteiger partial charge in [0.05, 0.1) is 12.9 Å². The van der Waals surface area contributed by atoms with E-state index in [1.54, 1.807) is 10.9 Å². The van der Waals surface area contributed by atoms with Crippen LogP contribution < -0.4 is 16.0 Å². The number of nitrogens with one attached hydrogen (secondary N) is 3. The first kappa shape index (κ1) is 25.3. The lowest BCUT2D eigenvalue weighted by atomic mass is 9.87. The molecule has 5 N–H and O–H groups in total. The minimum Gasteiger partial charge on any atom is -0.387 e. The second-order valence-electron chi connectivity index (χ2n) is 10.5. The van der Waals surface area contributed by atoms with Gasteiger partial charge in [-0.25, -0.2) is 4.98 Å². The normalized spacial score (nSPS) is 28.3. The molecular weight excluding hydrogens is 490 g/mol. The number of fused-ring (bicyclic) bond motifs is 1. The second-order valence-corrected chi connectivity index (χ2v) is 10.5. The molecule has 14 nitrogen and oxygen atoms in total. The van der Waals surface area contributed by atoms with Gasteiger partial charge in [0.1, 0.15) is 12.2 Å². The van der Waals surface area contributed by atoms with Crippen molar-refractivity contribution in [1.82, 2.24) is 45.0 Å². The van der Waals surface area contributed by atoms with Crippen LogP contribution in [0.15, 0.2) is 6.33 Å². The van der Waals surface area contributed by atoms with E-state index in [9.17, 15) is 10.2 Å². The van der Waals surface area contributed by atoms with Gasteiger partial charge in [-0.3, -0.25) is 4.57 Å². The molecule has 2 saturated heterocycles. The quantitative estimate of drug-likeness (QED) is 0.267. The summed E-state index contributed by atoms with van der Waals surface area (Å²) >= 11 is 0. The Labute approximate surface area is 220 Å². The van der Waals surface area contributed by atoms with Crippen LogP contribution in [-0.2, 0) is 11.3 Å². The third kappa shape index (κ3) is 5.05. The predicted octanol–water partition coefficient (Wildman–Crippen LogP) is 0.981. The molecule has 0 spiro atoms. The molecular formula is C24H37N11O3. The molecule has 3 aromatic heterocycles. The van der Waals surface area contributed by atoms with Crippen LogP contribution in [0, 0.1) is 5.92 Å². The van der Waals surface area contributed by atoms with Crippen molar-refractivity contribution in [2.24, 2.45) is 5.92 Å². The number of rotatable bonds is 9. The summed E-state index contributed by atoms with van der Waals surface area (Å²) in [6, 6.07) is 0.227. The predicted molar refractivity (Wildman–Crippen MR) is 138 cm³/mol. The molecule has 6 rings (SSSR count). The van der Waals surface area contributed by atoms with Crippen molar-refractivity contribution in [3.8, 4) is 0 Å². The fraction of sp³-hybridized carbons (Fsp3) is 0.750. The molecule has 3 aromatic rings. The Morgan fingerprint density at radius 3 is 2.76 bits per heavy atom. The average molecular weight is 528 g/mol. The molecule has 206 valence electrons. The van der Waals surface area contributed by atoms with Crippen molar-refractivity contribution in [3.05, 3.63) is 12.2 Å². The second kappa shape index (κ2) is 11.0. The Hall–Kier alpha value is -2.94. The first-order valence-corrected chi connectivity index (χ1v) is 13.9. The summed E-state index contributed by atoms with van der Waals surface area (Å²) in [5, 5.41) is 44.2. The third-order valence-electron chi connectivity index (χ3n) is 7.90. The molecule has 0 bridgehead atoms. The summed E-state index contributed by atoms with van der Waals surface area (Å²) in [4.78, 5) is 15.5. The third-order valence-corrected chi connectivity index (χ3v) is 7.90. The van der Waals surface area contributed by atoms with Crippen LogP contribution in [0.25, 0.3) is 11.2 Å². The van der Waals surface area contributed by atoms with Crippen molar-refractivity contribution in [1.29, 1.82) is 0 Å². The van der Waals surface area contributed by atoms with Gasteiger partial charge < -0.3 is 30.9 Å². The largest absolute Gasteiger partial charge is 0.387 e. The number of nitrogens with zero attached hydrogens (tertiary/aromatic N) is 8. The zero-order chi connectivity index (χ0) is 26.1. The molecule has 0 unspecified atom stereocenters. The van der Waals surface area contributed by atoms with E-state index in [2.05, 4.69) is 36.3 Å². The van der Waals surface area contributed by atoms with Crippen LogP contribution in [-0.4, -0.2) is 87.8 Å². The number of aromatic nitrogens is 8. The van der Waals surface area contributed by atoms with Gasteiger partial charge in [0.15, 0.2) is 29.3 Å². The maximum absolute atomic E-state index is 10.9. The molecule has 0 radical (unpaired) electrons. The highest BCUT2D eigenvalue weighted by Gasteiger charge is 2.47. The number of anilines is 2. The molecule has 0 amide bonds. The monoisotopic (exact) mass is 527 g/mol. The van der Waals surface area contributed by atoms with Gasteiger partial charge in [-0.15, -0.1) is 10.2 Å². The van der Waals surface area contributed by atoms with Crippen LogP contribution >= 0.6 is 0 Å². The molecule has 5 heterocycles. The van der Waals surface area contributed by atoms with Crippen LogP contribution in [0.2, 0.25) is 0 Å². The van der Waals surface area contributed by atoms with Gasteiger partial charge in [0.2, 0.25) is 11.8 Å². The highest BCUT2D eigenvalue weighted by atomic mass is 16.6. The molecule has 5 atom stereocenters. The van der Waals surface area contributed by atoms with Gasteiger partial charge in [-0.2, -0.15) is 14.8 Å². The fourth-order valence-corrected chi connectivity index (χ4v) is 5.73. The number of hydrogen-bond donors (Lipinski definition) is 5. The number of tetrazole rings is 1. The molecule has 14 heteroatoms. The van der Waals surface area contributed by atoms with E-state index in [-0.39, 0.29) is 11.9 Å². The lowest BCUT2D eigenvalue weighted by molar-refractivity contribution is -0.0384. The van der Waals surface area contributed by atoms with Crippen LogP contribution in [0.1, 0.15) is 70.0 Å². The topological polar surface area (TPSA) is 173 Å². The first-order chi connectivity index (χ1) is 18.6. The van der Waals surface area contributed by atoms with Crippen molar-refractivity contribution < 1.29 is 14.9 Å². The van der Waals surface area contributed by atoms with E-state index < -0.39 is 24.5 Å². The van der Waals surface area contributed by atoms with E-state index >= 15 is 0 Å². The smallest absolute Gasteiger partial charge is 0.227 e. The Morgan fingerprint density at radius 1 is 1.13 bits per heavy atom. The summed E-state index contributed by atoms with van der Waals surface area (Å²) < 4.78 is 7.74. The molecule has 1 saturated carbocycles. The van der Waals surface area contributed by atoms with Crippen molar-refractivity contribution in [2.45, 2.75) is 89.0 Å². The number of aryl methyl sites for hydroxylation is 1. The standard InChI is InChI=1S/C24H37N11O3/c1-2-35-32-21(31-33-35)19-17(36)18(37)23(38-19)34-13-27-16-20(26-11-8-14-6-4-3-5-7-14)29-24(30-22(16)34)28-15-9-10-25-12-15/h13-15,17-19,23,25,36-37H,2-12H2,1H3,(H2,26,28,29,30)/t15-,17+,18-,19+,23-/m1/s1. The Bertz CT molecular complexity index is 1220. The van der Waals surface area contributed by atoms with E-state index in [1.807, 2.05) is 6.92 Å². The molecule has 0 aromatic carbocycles. The van der Waals surface area contributed by atoms with Crippen LogP contribution in [0.4, 0.5) is 11.8 Å². The van der Waals surface area contributed by atoms with Gasteiger partial charge in [-0.05, 0) is 37.4 Å². The Morgan fingerprint density at radius 2 is 2.00 bits per heavy atom. The number of aliphatic hydroxyl groups is 2. The number of hydrogen-bond acceptors (Lipinski definition) is 12. The van der Waals surface area contributed by atoms with Gasteiger partial charge in [-0.1, -0.05) is 32.1 Å². The van der Waals surface area contributed by atoms with Gasteiger partial charge >= 0.3 is 0 Å². The average Bonchev–Trinajstić information content (AvgIpc) is 3.74. The number of imidazole rings is 1. The Balaban J connectivity index is 1.27. The zero-order valence-corrected chi connectivity index (χ0v) is 21.7. The highest BCUT2D eigenvalue weighted by Crippen LogP contribution is 2.39. The summed E-state index contributed by atoms with van der Waals surface area (Å²) in [6.07, 6.45) is 5.88. The zero-order valence-electron chi connectivity index (χ0n) is 21.7. The van der Waals surface area contributed by atoms with Gasteiger partial charge in [0.25, 0.3) is 0 Å². The minimum atomic E-state index is -1.24. The van der Waals surface area contributed by atoms with Gasteiger partial charge in [0, 0.05) is 19.1 Å². The van der Waals surface area contributed by atoms with Crippen LogP contribution in [0.5, 0.6) is 0 Å². The minimum absolute atomic E-state index is 0.223. The van der Waals surface area contributed by atoms with E-state index in [0.717, 1.165) is 38.4 Å². The molecule has 3 aliphatic rings. The summed E-state index contributed by atoms with van der Waals surface area (Å²) in [5.74, 6) is 2.11. The lowest BCUT2D eigenvalue weighted by Gasteiger charge is -2.21. The lowest BCUT2D eigenvalue weighted by Crippen LogP contribution is -2.29. The highest BCUT2D eigenvalue weighted by molar-refractivity contribution is 5.84. The first-order valence-electron chi connectivity index (χ1n) is 13.9. The van der Waals surface area contributed by atoms with Crippen molar-refractivity contribution in [2.75, 3.05) is 30.3 Å². The van der Waals surface area contributed by atoms with E-state index in [0.29, 0.717) is 29.5 Å². The van der Waals surface area contributed by atoms with Crippen molar-refractivity contribution in [3.63, 3.8) is 0 Å². The molecule has 2 aliphatic heterocycles. The molecule has 3 fully saturated rings. The summed E-state index contributed by atoms with van der Waals surface area (Å²) in [7, 11) is 0. The van der Waals surface area contributed by atoms with Crippen LogP contribution in [0.3, 0.4) is 0 Å². The maximum Gasteiger partial charge on any atom is 0.227 e. The van der Waals surface area contributed by atoms with Crippen molar-refractivity contribution >= 4 is 22.9 Å².